The molecule has 0 radical (unpaired) electrons. The maximum atomic E-state index is 12.1. The van der Waals surface area contributed by atoms with Crippen LogP contribution in [0.3, 0.4) is 0 Å². The topological polar surface area (TPSA) is 129 Å². The van der Waals surface area contributed by atoms with Gasteiger partial charge in [0.2, 0.25) is 11.8 Å². The van der Waals surface area contributed by atoms with Gasteiger partial charge in [0.15, 0.2) is 0 Å². The molecule has 5 N–H and O–H groups in total. The molecule has 3 aliphatic heterocycles. The number of allylic oxidation sites excluding steroid dienone is 2. The van der Waals surface area contributed by atoms with Gasteiger partial charge in [0.05, 0.1) is 49.1 Å². The highest BCUT2D eigenvalue weighted by molar-refractivity contribution is 5.87. The van der Waals surface area contributed by atoms with Crippen LogP contribution in [0, 0.1) is 5.92 Å². The van der Waals surface area contributed by atoms with Crippen molar-refractivity contribution >= 4 is 11.8 Å². The van der Waals surface area contributed by atoms with E-state index in [0.29, 0.717) is 5.92 Å². The quantitative estimate of drug-likeness (QED) is 0.267. The Kier molecular flexibility index (Phi) is 9.09. The summed E-state index contributed by atoms with van der Waals surface area (Å²) in [5.74, 6) is -0.165. The Morgan fingerprint density at radius 3 is 2.59 bits per heavy atom. The van der Waals surface area contributed by atoms with Gasteiger partial charge in [0, 0.05) is 25.0 Å². The third kappa shape index (κ3) is 8.05. The predicted molar refractivity (Wildman–Crippen MR) is 131 cm³/mol. The normalized spacial score (nSPS) is 37.3. The van der Waals surface area contributed by atoms with Crippen molar-refractivity contribution in [3.05, 3.63) is 36.0 Å². The molecule has 2 amide bonds. The third-order valence-corrected chi connectivity index (χ3v) is 6.86. The van der Waals surface area contributed by atoms with Crippen LogP contribution < -0.4 is 16.8 Å². The third-order valence-electron chi connectivity index (χ3n) is 6.86. The summed E-state index contributed by atoms with van der Waals surface area (Å²) in [5, 5.41) is 3.04. The van der Waals surface area contributed by atoms with Gasteiger partial charge in [-0.3, -0.25) is 9.59 Å². The van der Waals surface area contributed by atoms with Crippen molar-refractivity contribution in [3.8, 4) is 0 Å². The van der Waals surface area contributed by atoms with E-state index in [1.54, 1.807) is 6.08 Å². The molecule has 3 fully saturated rings. The Labute approximate surface area is 203 Å². The highest BCUT2D eigenvalue weighted by Gasteiger charge is 2.51. The summed E-state index contributed by atoms with van der Waals surface area (Å²) in [7, 11) is 0. The van der Waals surface area contributed by atoms with E-state index in [9.17, 15) is 9.59 Å². The molecule has 34 heavy (non-hydrogen) atoms. The molecule has 0 aliphatic carbocycles. The molecule has 8 heteroatoms. The number of primary amides is 1. The summed E-state index contributed by atoms with van der Waals surface area (Å²) < 4.78 is 18.0. The number of ether oxygens (including phenoxy) is 3. The standard InChI is InChI=1S/C26H41N3O5/c1-16(5-8-20-13-26(15-32-26)14-21(34-20)12-24(28)30)6-9-23-17(2)11-22(19(4)33-23)29-25(31)10-7-18(3)27/h5-8,10,17-23H,9,11-15,27H2,1-4H3,(H2,28,30)(H,29,31)/b8-5+,10-7+,16-6+/t17?,18?,19?,20?,21-,22?,23?,26?/m1/s1. The molecule has 8 atom stereocenters. The van der Waals surface area contributed by atoms with Crippen LogP contribution in [-0.2, 0) is 23.8 Å². The molecular weight excluding hydrogens is 434 g/mol. The van der Waals surface area contributed by atoms with Crippen molar-refractivity contribution in [2.24, 2.45) is 17.4 Å². The molecule has 1 spiro atoms. The molecule has 8 nitrogen and oxygen atoms in total. The summed E-state index contributed by atoms with van der Waals surface area (Å²) >= 11 is 0. The second kappa shape index (κ2) is 11.6. The molecule has 0 aromatic rings. The number of nitrogens with two attached hydrogens (primary N) is 2. The summed E-state index contributed by atoms with van der Waals surface area (Å²) in [6.45, 7) is 8.79. The fourth-order valence-corrected chi connectivity index (χ4v) is 4.82. The van der Waals surface area contributed by atoms with Gasteiger partial charge in [-0.1, -0.05) is 36.8 Å². The average Bonchev–Trinajstić information content (AvgIpc) is 3.49. The molecule has 0 aromatic carbocycles. The van der Waals surface area contributed by atoms with Crippen molar-refractivity contribution in [3.63, 3.8) is 0 Å². The Morgan fingerprint density at radius 2 is 1.94 bits per heavy atom. The zero-order valence-corrected chi connectivity index (χ0v) is 20.9. The number of epoxide rings is 1. The van der Waals surface area contributed by atoms with Crippen LogP contribution in [0.25, 0.3) is 0 Å². The second-order valence-electron chi connectivity index (χ2n) is 10.3. The molecule has 3 aliphatic rings. The van der Waals surface area contributed by atoms with E-state index in [-0.39, 0.29) is 60.3 Å². The van der Waals surface area contributed by atoms with E-state index in [1.807, 2.05) is 13.8 Å². The Balaban J connectivity index is 1.49. The number of nitrogens with one attached hydrogen (secondary N) is 1. The van der Waals surface area contributed by atoms with Gasteiger partial charge in [0.1, 0.15) is 0 Å². The minimum Gasteiger partial charge on any atom is -0.373 e. The van der Waals surface area contributed by atoms with Gasteiger partial charge in [-0.15, -0.1) is 0 Å². The lowest BCUT2D eigenvalue weighted by Crippen LogP contribution is -2.50. The zero-order chi connectivity index (χ0) is 24.9. The molecule has 0 bridgehead atoms. The van der Waals surface area contributed by atoms with Crippen LogP contribution in [0.15, 0.2) is 36.0 Å². The number of carbonyl (C=O) groups excluding carboxylic acids is 2. The summed E-state index contributed by atoms with van der Waals surface area (Å²) in [6.07, 6.45) is 12.7. The van der Waals surface area contributed by atoms with Gasteiger partial charge >= 0.3 is 0 Å². The van der Waals surface area contributed by atoms with E-state index in [1.165, 1.54) is 6.08 Å². The lowest BCUT2D eigenvalue weighted by molar-refractivity contribution is -0.125. The molecule has 3 rings (SSSR count). The minimum absolute atomic E-state index is 0.0183. The van der Waals surface area contributed by atoms with Gasteiger partial charge in [-0.2, -0.15) is 0 Å². The molecule has 0 saturated carbocycles. The first-order valence-electron chi connectivity index (χ1n) is 12.4. The molecular formula is C26H41N3O5. The molecule has 3 heterocycles. The van der Waals surface area contributed by atoms with E-state index in [2.05, 4.69) is 37.4 Å². The van der Waals surface area contributed by atoms with E-state index in [4.69, 9.17) is 25.7 Å². The van der Waals surface area contributed by atoms with Crippen LogP contribution in [0.1, 0.15) is 59.8 Å². The molecule has 3 saturated heterocycles. The lowest BCUT2D eigenvalue weighted by Gasteiger charge is -2.39. The first-order valence-corrected chi connectivity index (χ1v) is 12.4. The van der Waals surface area contributed by atoms with E-state index in [0.717, 1.165) is 37.9 Å². The molecule has 190 valence electrons. The Bertz CT molecular complexity index is 817. The fraction of sp³-hybridized carbons (Fsp3) is 0.692. The number of rotatable bonds is 9. The minimum atomic E-state index is -0.347. The van der Waals surface area contributed by atoms with Crippen LogP contribution in [0.4, 0.5) is 0 Å². The first-order chi connectivity index (χ1) is 16.0. The van der Waals surface area contributed by atoms with Gasteiger partial charge < -0.3 is 31.0 Å². The Morgan fingerprint density at radius 1 is 1.21 bits per heavy atom. The van der Waals surface area contributed by atoms with Crippen LogP contribution in [-0.4, -0.2) is 60.5 Å². The van der Waals surface area contributed by atoms with Gasteiger partial charge in [0.25, 0.3) is 0 Å². The predicted octanol–water partition coefficient (Wildman–Crippen LogP) is 2.27. The van der Waals surface area contributed by atoms with Crippen LogP contribution in [0.2, 0.25) is 0 Å². The maximum Gasteiger partial charge on any atom is 0.244 e. The fourth-order valence-electron chi connectivity index (χ4n) is 4.82. The van der Waals surface area contributed by atoms with Crippen molar-refractivity contribution in [2.45, 2.75) is 102 Å². The summed E-state index contributed by atoms with van der Waals surface area (Å²) in [6, 6.07) is -0.169. The number of hydrogen-bond acceptors (Lipinski definition) is 6. The monoisotopic (exact) mass is 475 g/mol. The second-order valence-corrected chi connectivity index (χ2v) is 10.3. The van der Waals surface area contributed by atoms with Crippen LogP contribution in [0.5, 0.6) is 0 Å². The number of amides is 2. The molecule has 0 aromatic heterocycles. The zero-order valence-electron chi connectivity index (χ0n) is 20.9. The van der Waals surface area contributed by atoms with Gasteiger partial charge in [-0.05, 0) is 39.5 Å². The van der Waals surface area contributed by atoms with Crippen molar-refractivity contribution in [2.75, 3.05) is 6.61 Å². The van der Waals surface area contributed by atoms with Crippen LogP contribution >= 0.6 is 0 Å². The molecule has 7 unspecified atom stereocenters. The number of hydrogen-bond donors (Lipinski definition) is 3. The first kappa shape index (κ1) is 26.6. The summed E-state index contributed by atoms with van der Waals surface area (Å²) in [5.41, 5.74) is 12.0. The smallest absolute Gasteiger partial charge is 0.244 e. The highest BCUT2D eigenvalue weighted by Crippen LogP contribution is 2.43. The van der Waals surface area contributed by atoms with Crippen molar-refractivity contribution in [1.29, 1.82) is 0 Å². The lowest BCUT2D eigenvalue weighted by atomic mass is 9.88. The highest BCUT2D eigenvalue weighted by atomic mass is 16.6. The van der Waals surface area contributed by atoms with Gasteiger partial charge in [-0.25, -0.2) is 0 Å². The SMILES string of the molecule is CC(/C=C/C1CC2(CO2)C[C@@H](CC(N)=O)O1)=C\CC1OC(C)C(NC(=O)/C=C/C(C)N)CC1C. The van der Waals surface area contributed by atoms with E-state index < -0.39 is 0 Å². The summed E-state index contributed by atoms with van der Waals surface area (Å²) in [4.78, 5) is 23.4. The number of carbonyl (C=O) groups is 2. The van der Waals surface area contributed by atoms with Crippen molar-refractivity contribution in [1.82, 2.24) is 5.32 Å². The Hall–Kier alpha value is -2.00. The average molecular weight is 476 g/mol. The van der Waals surface area contributed by atoms with E-state index >= 15 is 0 Å². The largest absolute Gasteiger partial charge is 0.373 e. The van der Waals surface area contributed by atoms with Crippen molar-refractivity contribution < 1.29 is 23.8 Å². The maximum absolute atomic E-state index is 12.1.